The predicted octanol–water partition coefficient (Wildman–Crippen LogP) is 9.42. The van der Waals surface area contributed by atoms with Crippen LogP contribution >= 0.6 is 0 Å². The largest absolute Gasteiger partial charge is 0.465 e. The third-order valence-corrected chi connectivity index (χ3v) is 13.1. The van der Waals surface area contributed by atoms with Crippen molar-refractivity contribution in [1.29, 1.82) is 0 Å². The molecule has 0 aliphatic rings. The molecule has 6 aromatic heterocycles. The van der Waals surface area contributed by atoms with Crippen molar-refractivity contribution in [2.75, 3.05) is 6.61 Å². The normalized spacial score (nSPS) is 12.4. The van der Waals surface area contributed by atoms with Crippen LogP contribution in [0, 0.1) is 13.8 Å². The van der Waals surface area contributed by atoms with Gasteiger partial charge in [-0.2, -0.15) is 9.97 Å². The number of nitrogens with one attached hydrogen (secondary N) is 1. The summed E-state index contributed by atoms with van der Waals surface area (Å²) in [6, 6.07) is 31.3. The van der Waals surface area contributed by atoms with Crippen molar-refractivity contribution in [3.05, 3.63) is 166 Å². The zero-order valence-corrected chi connectivity index (χ0v) is 39.8. The molecular weight excluding hydrogens is 889 g/mol. The van der Waals surface area contributed by atoms with Crippen molar-refractivity contribution < 1.29 is 14.2 Å². The summed E-state index contributed by atoms with van der Waals surface area (Å²) in [5, 5.41) is 1.18. The molecule has 0 spiro atoms. The number of rotatable bonds is 13. The first kappa shape index (κ1) is 47.5. The van der Waals surface area contributed by atoms with Gasteiger partial charge in [0, 0.05) is 14.7 Å². The average Bonchev–Trinajstić information content (AvgIpc) is 3.99. The summed E-state index contributed by atoms with van der Waals surface area (Å²) in [4.78, 5) is 65.7. The fourth-order valence-electron chi connectivity index (χ4n) is 7.88. The van der Waals surface area contributed by atoms with Gasteiger partial charge in [-0.05, 0) is 81.3 Å². The lowest BCUT2D eigenvalue weighted by Crippen LogP contribution is -2.27. The van der Waals surface area contributed by atoms with Gasteiger partial charge in [0.1, 0.15) is 24.9 Å². The maximum absolute atomic E-state index is 13.7. The molecule has 17 nitrogen and oxygen atoms in total. The number of fused-ring (bicyclic) bond motifs is 4. The van der Waals surface area contributed by atoms with Crippen molar-refractivity contribution >= 4 is 52.2 Å². The fourth-order valence-corrected chi connectivity index (χ4v) is 8.63. The highest BCUT2D eigenvalue weighted by Crippen LogP contribution is 2.29. The summed E-state index contributed by atoms with van der Waals surface area (Å²) in [6.07, 6.45) is 4.89. The van der Waals surface area contributed by atoms with Crippen LogP contribution in [-0.4, -0.2) is 73.2 Å². The summed E-state index contributed by atoms with van der Waals surface area (Å²) in [7, 11) is -1.17. The van der Waals surface area contributed by atoms with Crippen LogP contribution in [0.1, 0.15) is 56.3 Å². The summed E-state index contributed by atoms with van der Waals surface area (Å²) in [6.45, 7) is 15.5. The highest BCUT2D eigenvalue weighted by Gasteiger charge is 2.24. The van der Waals surface area contributed by atoms with Crippen LogP contribution in [0.4, 0.5) is 0 Å². The van der Waals surface area contributed by atoms with Crippen molar-refractivity contribution in [2.45, 2.75) is 79.7 Å². The Morgan fingerprint density at radius 2 is 1.17 bits per heavy atom. The number of hydrogen-bond acceptors (Lipinski definition) is 13. The first-order chi connectivity index (χ1) is 32.9. The molecule has 6 heterocycles. The van der Waals surface area contributed by atoms with Crippen molar-refractivity contribution in [1.82, 2.24) is 58.6 Å². The maximum atomic E-state index is 13.7. The number of imidazole rings is 2. The van der Waals surface area contributed by atoms with E-state index in [1.807, 2.05) is 129 Å². The second-order valence-corrected chi connectivity index (χ2v) is 23.2. The van der Waals surface area contributed by atoms with Crippen LogP contribution in [0.5, 0.6) is 11.8 Å². The summed E-state index contributed by atoms with van der Waals surface area (Å²) < 4.78 is 23.4. The Bertz CT molecular complexity index is 3530. The van der Waals surface area contributed by atoms with E-state index >= 15 is 0 Å². The van der Waals surface area contributed by atoms with Gasteiger partial charge in [0.2, 0.25) is 11.8 Å². The summed E-state index contributed by atoms with van der Waals surface area (Å²) >= 11 is 0. The van der Waals surface area contributed by atoms with Crippen LogP contribution in [0.3, 0.4) is 0 Å². The molecule has 1 N–H and O–H groups in total. The Hall–Kier alpha value is -7.96. The lowest BCUT2D eigenvalue weighted by atomic mass is 10.1. The van der Waals surface area contributed by atoms with Gasteiger partial charge in [-0.3, -0.25) is 23.3 Å². The van der Waals surface area contributed by atoms with Gasteiger partial charge in [0.15, 0.2) is 40.7 Å². The SMILES string of the molecule is C.Cc1cccc2nc(C(C)Oc3ncnc4c3ncn4COCC[Si](C)(C)C)n(-c3ccccc3)c(=O)c12.Cc1cccc2nc(C(C)Oc3ncnc4nc[nH]c34)n(-c3ccccc3)c(=O)c12. The van der Waals surface area contributed by atoms with Gasteiger partial charge < -0.3 is 19.2 Å². The molecule has 0 aliphatic carbocycles. The van der Waals surface area contributed by atoms with E-state index in [9.17, 15) is 9.59 Å². The second-order valence-electron chi connectivity index (χ2n) is 17.5. The van der Waals surface area contributed by atoms with Crippen molar-refractivity contribution in [3.8, 4) is 23.1 Å². The zero-order chi connectivity index (χ0) is 47.5. The minimum atomic E-state index is -1.17. The Labute approximate surface area is 398 Å². The highest BCUT2D eigenvalue weighted by molar-refractivity contribution is 6.76. The smallest absolute Gasteiger partial charge is 0.266 e. The van der Waals surface area contributed by atoms with Gasteiger partial charge in [-0.15, -0.1) is 0 Å². The number of aromatic nitrogens is 12. The summed E-state index contributed by atoms with van der Waals surface area (Å²) in [5.74, 6) is 1.63. The number of hydrogen-bond donors (Lipinski definition) is 1. The standard InChI is InChI=1S/C28H32N6O3Si.C22H18N6O2.CH4/c1-19-10-9-13-22-23(19)28(35)34(21-11-7-6-8-12-21)25(32-22)20(2)37-27-24-26(29-16-30-27)33(17-31-24)18-36-14-15-38(3,4)5;1-13-7-6-10-16-17(13)22(29)28(15-8-4-3-5-9-15)20(27-16)14(2)30-21-18-19(24-11-23-18)25-12-26-21;/h6-13,16-17,20H,14-15,18H2,1-5H3;3-12,14H,1-2H3,(H,23,24,25,26);1H4. The lowest BCUT2D eigenvalue weighted by Gasteiger charge is -2.20. The van der Waals surface area contributed by atoms with Crippen molar-refractivity contribution in [3.63, 3.8) is 0 Å². The number of H-pyrrole nitrogens is 1. The zero-order valence-electron chi connectivity index (χ0n) is 38.8. The van der Waals surface area contributed by atoms with E-state index < -0.39 is 20.3 Å². The number of nitrogens with zero attached hydrogens (tertiary/aromatic N) is 11. The van der Waals surface area contributed by atoms with E-state index in [2.05, 4.69) is 54.5 Å². The van der Waals surface area contributed by atoms with E-state index in [0.717, 1.165) is 22.9 Å². The summed E-state index contributed by atoms with van der Waals surface area (Å²) in [5.41, 5.74) is 6.42. The molecule has 69 heavy (non-hydrogen) atoms. The number of aromatic amines is 1. The first-order valence-electron chi connectivity index (χ1n) is 22.2. The number of benzene rings is 4. The van der Waals surface area contributed by atoms with E-state index in [-0.39, 0.29) is 18.5 Å². The number of ether oxygens (including phenoxy) is 3. The minimum Gasteiger partial charge on any atom is -0.465 e. The third-order valence-electron chi connectivity index (χ3n) is 11.4. The third kappa shape index (κ3) is 9.88. The molecule has 10 aromatic rings. The van der Waals surface area contributed by atoms with E-state index in [0.29, 0.717) is 86.6 Å². The van der Waals surface area contributed by atoms with Crippen molar-refractivity contribution in [2.24, 2.45) is 0 Å². The topological polar surface area (TPSA) is 196 Å². The van der Waals surface area contributed by atoms with E-state index in [4.69, 9.17) is 24.2 Å². The molecule has 352 valence electrons. The van der Waals surface area contributed by atoms with Crippen LogP contribution in [0.15, 0.2) is 132 Å². The predicted molar refractivity (Wildman–Crippen MR) is 270 cm³/mol. The lowest BCUT2D eigenvalue weighted by molar-refractivity contribution is 0.0894. The Balaban J connectivity index is 0.000000188. The molecule has 0 bridgehead atoms. The van der Waals surface area contributed by atoms with E-state index in [1.54, 1.807) is 15.5 Å². The molecule has 10 rings (SSSR count). The molecule has 0 amide bonds. The molecule has 0 radical (unpaired) electrons. The molecule has 0 saturated carbocycles. The maximum Gasteiger partial charge on any atom is 0.266 e. The quantitative estimate of drug-likeness (QED) is 0.0849. The molecule has 2 unspecified atom stereocenters. The molecule has 0 fully saturated rings. The van der Waals surface area contributed by atoms with Crippen LogP contribution in [-0.2, 0) is 11.5 Å². The Kier molecular flexibility index (Phi) is 13.8. The highest BCUT2D eigenvalue weighted by atomic mass is 28.3. The first-order valence-corrected chi connectivity index (χ1v) is 25.9. The molecule has 4 aromatic carbocycles. The fraction of sp³-hybridized carbons (Fsp3) is 0.255. The molecular formula is C51H54N12O5Si. The molecule has 0 saturated heterocycles. The van der Waals surface area contributed by atoms with E-state index in [1.165, 1.54) is 19.0 Å². The van der Waals surface area contributed by atoms with Gasteiger partial charge in [0.25, 0.3) is 11.1 Å². The number of aryl methyl sites for hydroxylation is 2. The van der Waals surface area contributed by atoms with Gasteiger partial charge in [-0.1, -0.05) is 87.7 Å². The Morgan fingerprint density at radius 1 is 0.638 bits per heavy atom. The van der Waals surface area contributed by atoms with Crippen LogP contribution in [0.2, 0.25) is 25.7 Å². The van der Waals surface area contributed by atoms with Crippen LogP contribution < -0.4 is 20.6 Å². The van der Waals surface area contributed by atoms with Gasteiger partial charge >= 0.3 is 0 Å². The van der Waals surface area contributed by atoms with Crippen LogP contribution in [0.25, 0.3) is 55.5 Å². The molecule has 0 aliphatic heterocycles. The Morgan fingerprint density at radius 3 is 1.74 bits per heavy atom. The molecule has 2 atom stereocenters. The minimum absolute atomic E-state index is 0. The van der Waals surface area contributed by atoms with Gasteiger partial charge in [-0.25, -0.2) is 29.9 Å². The second kappa shape index (κ2) is 20.1. The molecule has 18 heteroatoms. The van der Waals surface area contributed by atoms with Gasteiger partial charge in [0.05, 0.1) is 45.8 Å². The average molecular weight is 943 g/mol. The monoisotopic (exact) mass is 942 g/mol. The number of para-hydroxylation sites is 2.